The number of aromatic nitrogens is 3. The van der Waals surface area contributed by atoms with Crippen LogP contribution in [0.5, 0.6) is 11.8 Å². The van der Waals surface area contributed by atoms with Gasteiger partial charge < -0.3 is 19.8 Å². The minimum absolute atomic E-state index is 0.0278. The number of piperidine rings is 1. The van der Waals surface area contributed by atoms with Crippen molar-refractivity contribution in [3.05, 3.63) is 47.4 Å². The second-order valence-electron chi connectivity index (χ2n) is 12.9. The van der Waals surface area contributed by atoms with Crippen LogP contribution in [0.1, 0.15) is 69.9 Å². The first-order chi connectivity index (χ1) is 21.3. The zero-order valence-electron chi connectivity index (χ0n) is 25.9. The monoisotopic (exact) mass is 599 g/mol. The first-order valence-corrected chi connectivity index (χ1v) is 16.3. The predicted octanol–water partition coefficient (Wildman–Crippen LogP) is 6.31. The molecule has 3 aliphatic rings. The van der Waals surface area contributed by atoms with Crippen LogP contribution in [-0.4, -0.2) is 74.0 Å². The third-order valence-corrected chi connectivity index (χ3v) is 10.4. The number of β-amino-alcohol motifs (C(OH)–C–C–N with tert-alkyl or cyclic N) is 1. The molecule has 0 radical (unpaired) electrons. The highest BCUT2D eigenvalue weighted by molar-refractivity contribution is 6.03. The van der Waals surface area contributed by atoms with Crippen LogP contribution in [0.15, 0.2) is 30.5 Å². The van der Waals surface area contributed by atoms with Crippen molar-refractivity contribution in [3.63, 3.8) is 0 Å². The van der Waals surface area contributed by atoms with Crippen LogP contribution >= 0.6 is 0 Å². The van der Waals surface area contributed by atoms with Gasteiger partial charge in [0, 0.05) is 36.5 Å². The smallest absolute Gasteiger partial charge is 0.319 e. The first kappa shape index (κ1) is 29.2. The van der Waals surface area contributed by atoms with Crippen molar-refractivity contribution < 1.29 is 19.3 Å². The van der Waals surface area contributed by atoms with E-state index in [4.69, 9.17) is 19.7 Å². The lowest BCUT2D eigenvalue weighted by Crippen LogP contribution is -2.46. The molecule has 0 amide bonds. The van der Waals surface area contributed by atoms with Gasteiger partial charge in [-0.05, 0) is 99.4 Å². The average molecular weight is 600 g/mol. The number of hydrogen-bond acceptors (Lipinski definition) is 8. The number of anilines is 1. The molecule has 3 fully saturated rings. The van der Waals surface area contributed by atoms with Crippen molar-refractivity contribution in [3.8, 4) is 23.0 Å². The number of hydrogen-bond donors (Lipinski definition) is 2. The minimum Gasteiger partial charge on any atom is -0.508 e. The highest BCUT2D eigenvalue weighted by Gasteiger charge is 2.49. The Morgan fingerprint density at radius 1 is 1.09 bits per heavy atom. The third-order valence-electron chi connectivity index (χ3n) is 10.4. The lowest BCUT2D eigenvalue weighted by molar-refractivity contribution is 0.0836. The Kier molecular flexibility index (Phi) is 7.57. The van der Waals surface area contributed by atoms with Crippen LogP contribution in [0.4, 0.5) is 10.2 Å². The molecule has 0 spiro atoms. The maximum atomic E-state index is 15.0. The lowest BCUT2D eigenvalue weighted by atomic mass is 9.93. The highest BCUT2D eigenvalue weighted by atomic mass is 19.1. The van der Waals surface area contributed by atoms with Crippen molar-refractivity contribution in [2.45, 2.75) is 89.8 Å². The molecule has 44 heavy (non-hydrogen) atoms. The number of aliphatic hydroxyl groups is 1. The van der Waals surface area contributed by atoms with Crippen LogP contribution in [0.2, 0.25) is 0 Å². The van der Waals surface area contributed by atoms with E-state index in [2.05, 4.69) is 16.7 Å². The Balaban J connectivity index is 1.36. The van der Waals surface area contributed by atoms with Crippen molar-refractivity contribution in [1.82, 2.24) is 19.9 Å². The first-order valence-electron chi connectivity index (χ1n) is 16.3. The summed E-state index contributed by atoms with van der Waals surface area (Å²) in [4.78, 5) is 19.6. The van der Waals surface area contributed by atoms with E-state index in [0.717, 1.165) is 66.9 Å². The molecule has 232 valence electrons. The standard InChI is InChI=1S/C35H42FN5O3/c1-4-23-11-13-35(12-7-15-41(23)35)20-44-34-38-32-21(3)31(37-18-28(32)33(39-34)40-14-6-8-24(42)19-40)27-17-25(43)16-22-9-10-29(36)26(5-2)30(22)27/h9-10,16-18,23-24,42-43H,4-8,11-15,19-20H2,1-3H3. The van der Waals surface area contributed by atoms with Gasteiger partial charge in [-0.25, -0.2) is 4.39 Å². The summed E-state index contributed by atoms with van der Waals surface area (Å²) in [7, 11) is 0. The maximum Gasteiger partial charge on any atom is 0.319 e. The number of phenolic OH excluding ortho intramolecular Hbond substituents is 1. The summed E-state index contributed by atoms with van der Waals surface area (Å²) in [6.45, 7) is 9.09. The van der Waals surface area contributed by atoms with Crippen LogP contribution in [0.25, 0.3) is 32.9 Å². The number of halogens is 1. The van der Waals surface area contributed by atoms with Gasteiger partial charge in [0.1, 0.15) is 24.0 Å². The molecule has 0 bridgehead atoms. The van der Waals surface area contributed by atoms with Crippen molar-refractivity contribution in [2.75, 3.05) is 31.1 Å². The largest absolute Gasteiger partial charge is 0.508 e. The zero-order valence-corrected chi connectivity index (χ0v) is 25.9. The SMILES string of the molecule is CCc1c(F)ccc2cc(O)cc(-c3ncc4c(N5CCCC(O)C5)nc(OCC56CCCN5C(CC)CC6)nc4c3C)c12. The average Bonchev–Trinajstić information content (AvgIpc) is 3.59. The molecule has 2 aromatic heterocycles. The molecule has 8 nitrogen and oxygen atoms in total. The quantitative estimate of drug-likeness (QED) is 0.255. The number of rotatable bonds is 7. The highest BCUT2D eigenvalue weighted by Crippen LogP contribution is 2.44. The second-order valence-corrected chi connectivity index (χ2v) is 12.9. The lowest BCUT2D eigenvalue weighted by Gasteiger charge is -2.34. The van der Waals surface area contributed by atoms with Gasteiger partial charge in [0.15, 0.2) is 0 Å². The fourth-order valence-corrected chi connectivity index (χ4v) is 8.18. The van der Waals surface area contributed by atoms with Gasteiger partial charge >= 0.3 is 6.01 Å². The molecule has 9 heteroatoms. The van der Waals surface area contributed by atoms with Gasteiger partial charge in [0.2, 0.25) is 0 Å². The van der Waals surface area contributed by atoms with Gasteiger partial charge in [-0.3, -0.25) is 9.88 Å². The van der Waals surface area contributed by atoms with E-state index < -0.39 is 6.10 Å². The normalized spacial score (nSPS) is 24.0. The Morgan fingerprint density at radius 3 is 2.75 bits per heavy atom. The van der Waals surface area contributed by atoms with E-state index in [-0.39, 0.29) is 17.1 Å². The van der Waals surface area contributed by atoms with E-state index >= 15 is 4.39 Å². The number of aryl methyl sites for hydroxylation is 2. The van der Waals surface area contributed by atoms with E-state index in [1.54, 1.807) is 24.4 Å². The van der Waals surface area contributed by atoms with E-state index in [9.17, 15) is 10.2 Å². The molecule has 3 aliphatic heterocycles. The van der Waals surface area contributed by atoms with Gasteiger partial charge in [-0.1, -0.05) is 19.9 Å². The molecule has 2 N–H and O–H groups in total. The molecule has 0 saturated carbocycles. The van der Waals surface area contributed by atoms with Crippen molar-refractivity contribution in [1.29, 1.82) is 0 Å². The molecule has 3 saturated heterocycles. The summed E-state index contributed by atoms with van der Waals surface area (Å²) in [6, 6.07) is 7.43. The summed E-state index contributed by atoms with van der Waals surface area (Å²) in [5.41, 5.74) is 3.44. The summed E-state index contributed by atoms with van der Waals surface area (Å²) < 4.78 is 21.5. The number of fused-ring (bicyclic) bond motifs is 3. The van der Waals surface area contributed by atoms with E-state index in [1.807, 2.05) is 13.8 Å². The molecule has 3 atom stereocenters. The van der Waals surface area contributed by atoms with Crippen LogP contribution in [0.3, 0.4) is 0 Å². The van der Waals surface area contributed by atoms with Crippen LogP contribution in [0, 0.1) is 12.7 Å². The van der Waals surface area contributed by atoms with E-state index in [0.29, 0.717) is 59.8 Å². The summed E-state index contributed by atoms with van der Waals surface area (Å²) in [6.07, 6.45) is 9.26. The van der Waals surface area contributed by atoms with Crippen LogP contribution in [-0.2, 0) is 6.42 Å². The Labute approximate surface area is 257 Å². The topological polar surface area (TPSA) is 94.8 Å². The van der Waals surface area contributed by atoms with Gasteiger partial charge in [-0.15, -0.1) is 0 Å². The van der Waals surface area contributed by atoms with Gasteiger partial charge in [0.25, 0.3) is 0 Å². The zero-order chi connectivity index (χ0) is 30.6. The number of benzene rings is 2. The number of aliphatic hydroxyl groups excluding tert-OH is 1. The maximum absolute atomic E-state index is 15.0. The molecular weight excluding hydrogens is 557 g/mol. The molecular formula is C35H42FN5O3. The molecule has 0 aliphatic carbocycles. The number of pyridine rings is 1. The Hall–Kier alpha value is -3.56. The predicted molar refractivity (Wildman–Crippen MR) is 171 cm³/mol. The number of aromatic hydroxyl groups is 1. The number of ether oxygens (including phenoxy) is 1. The molecule has 7 rings (SSSR count). The van der Waals surface area contributed by atoms with Crippen LogP contribution < -0.4 is 9.64 Å². The Bertz CT molecular complexity index is 1730. The van der Waals surface area contributed by atoms with Gasteiger partial charge in [-0.2, -0.15) is 9.97 Å². The fourth-order valence-electron chi connectivity index (χ4n) is 8.18. The summed E-state index contributed by atoms with van der Waals surface area (Å²) in [5.74, 6) is 0.539. The molecule has 5 heterocycles. The molecule has 2 aromatic carbocycles. The third kappa shape index (κ3) is 4.85. The molecule has 3 unspecified atom stereocenters. The fraction of sp³-hybridized carbons (Fsp3) is 0.514. The Morgan fingerprint density at radius 2 is 1.95 bits per heavy atom. The summed E-state index contributed by atoms with van der Waals surface area (Å²) >= 11 is 0. The number of nitrogens with zero attached hydrogens (tertiary/aromatic N) is 5. The molecule has 4 aromatic rings. The minimum atomic E-state index is -0.428. The van der Waals surface area contributed by atoms with Crippen molar-refractivity contribution >= 4 is 27.5 Å². The number of phenols is 1. The van der Waals surface area contributed by atoms with Crippen molar-refractivity contribution in [2.24, 2.45) is 0 Å². The second kappa shape index (κ2) is 11.4. The van der Waals surface area contributed by atoms with E-state index in [1.165, 1.54) is 18.9 Å². The van der Waals surface area contributed by atoms with Gasteiger partial charge in [0.05, 0.1) is 28.2 Å². The summed E-state index contributed by atoms with van der Waals surface area (Å²) in [5, 5.41) is 23.5.